The summed E-state index contributed by atoms with van der Waals surface area (Å²) in [7, 11) is 0. The largest absolute Gasteiger partial charge is 0.311 e. The molecule has 4 heteroatoms. The van der Waals surface area contributed by atoms with Crippen LogP contribution in [0.4, 0.5) is 0 Å². The van der Waals surface area contributed by atoms with E-state index >= 15 is 0 Å². The van der Waals surface area contributed by atoms with E-state index in [1.807, 2.05) is 19.2 Å². The molecule has 0 aliphatic carbocycles. The Labute approximate surface area is 95.1 Å². The van der Waals surface area contributed by atoms with Crippen molar-refractivity contribution in [3.05, 3.63) is 23.8 Å². The second-order valence-electron chi connectivity index (χ2n) is 3.96. The van der Waals surface area contributed by atoms with Gasteiger partial charge in [-0.05, 0) is 43.4 Å². The fourth-order valence-corrected chi connectivity index (χ4v) is 3.04. The van der Waals surface area contributed by atoms with E-state index in [9.17, 15) is 0 Å². The van der Waals surface area contributed by atoms with Gasteiger partial charge in [0.25, 0.3) is 0 Å². The lowest BCUT2D eigenvalue weighted by Gasteiger charge is -2.09. The van der Waals surface area contributed by atoms with Crippen LogP contribution in [-0.4, -0.2) is 28.0 Å². The van der Waals surface area contributed by atoms with Crippen LogP contribution < -0.4 is 5.32 Å². The van der Waals surface area contributed by atoms with Gasteiger partial charge in [0.1, 0.15) is 5.82 Å². The molecular formula is C11H17N3S. The normalized spacial score (nSPS) is 20.7. The third-order valence-electron chi connectivity index (χ3n) is 2.60. The molecule has 1 aromatic heterocycles. The second kappa shape index (κ2) is 5.47. The number of aryl methyl sites for hydroxylation is 1. The van der Waals surface area contributed by atoms with Crippen molar-refractivity contribution in [2.45, 2.75) is 19.9 Å². The fraction of sp³-hybridized carbons (Fsp3) is 0.636. The van der Waals surface area contributed by atoms with Crippen LogP contribution in [0.5, 0.6) is 0 Å². The maximum Gasteiger partial charge on any atom is 0.125 e. The zero-order chi connectivity index (χ0) is 10.5. The van der Waals surface area contributed by atoms with Crippen LogP contribution >= 0.6 is 11.8 Å². The molecule has 15 heavy (non-hydrogen) atoms. The van der Waals surface area contributed by atoms with Crippen LogP contribution in [0.3, 0.4) is 0 Å². The molecule has 1 fully saturated rings. The minimum Gasteiger partial charge on any atom is -0.311 e. The van der Waals surface area contributed by atoms with E-state index in [0.717, 1.165) is 30.5 Å². The summed E-state index contributed by atoms with van der Waals surface area (Å²) >= 11 is 2.07. The predicted molar refractivity (Wildman–Crippen MR) is 63.9 cm³/mol. The lowest BCUT2D eigenvalue weighted by Crippen LogP contribution is -2.22. The average Bonchev–Trinajstić information content (AvgIpc) is 2.71. The molecule has 3 nitrogen and oxygen atoms in total. The highest BCUT2D eigenvalue weighted by molar-refractivity contribution is 7.99. The first kappa shape index (κ1) is 10.9. The fourth-order valence-electron chi connectivity index (χ4n) is 1.75. The Hall–Kier alpha value is -0.610. The van der Waals surface area contributed by atoms with Crippen LogP contribution in [0.2, 0.25) is 0 Å². The lowest BCUT2D eigenvalue weighted by atomic mass is 10.1. The molecule has 0 amide bonds. The number of nitrogens with zero attached hydrogens (tertiary/aromatic N) is 2. The summed E-state index contributed by atoms with van der Waals surface area (Å²) in [6.07, 6.45) is 3.19. The van der Waals surface area contributed by atoms with Gasteiger partial charge in [0, 0.05) is 12.7 Å². The standard InChI is InChI=1S/C11H17N3S/c1-9-13-4-2-11(14-9)7-12-6-10-3-5-15-8-10/h2,4,10,12H,3,5-8H2,1H3. The second-order valence-corrected chi connectivity index (χ2v) is 5.11. The van der Waals surface area contributed by atoms with Gasteiger partial charge >= 0.3 is 0 Å². The molecule has 0 aromatic carbocycles. The van der Waals surface area contributed by atoms with Gasteiger partial charge in [-0.2, -0.15) is 11.8 Å². The first-order chi connectivity index (χ1) is 7.34. The topological polar surface area (TPSA) is 37.8 Å². The van der Waals surface area contributed by atoms with Crippen molar-refractivity contribution in [2.75, 3.05) is 18.1 Å². The van der Waals surface area contributed by atoms with Gasteiger partial charge in [-0.25, -0.2) is 9.97 Å². The summed E-state index contributed by atoms with van der Waals surface area (Å²) in [5.74, 6) is 4.36. The van der Waals surface area contributed by atoms with E-state index in [1.54, 1.807) is 0 Å². The molecule has 1 N–H and O–H groups in total. The van der Waals surface area contributed by atoms with E-state index in [-0.39, 0.29) is 0 Å². The Morgan fingerprint density at radius 2 is 2.53 bits per heavy atom. The molecule has 1 atom stereocenters. The quantitative estimate of drug-likeness (QED) is 0.842. The molecule has 0 bridgehead atoms. The van der Waals surface area contributed by atoms with E-state index in [2.05, 4.69) is 27.0 Å². The van der Waals surface area contributed by atoms with Crippen LogP contribution in [0.1, 0.15) is 17.9 Å². The number of thioether (sulfide) groups is 1. The van der Waals surface area contributed by atoms with Crippen molar-refractivity contribution in [3.8, 4) is 0 Å². The Balaban J connectivity index is 1.73. The van der Waals surface area contributed by atoms with Gasteiger partial charge in [-0.3, -0.25) is 0 Å². The Bertz CT molecular complexity index is 310. The lowest BCUT2D eigenvalue weighted by molar-refractivity contribution is 0.519. The predicted octanol–water partition coefficient (Wildman–Crippen LogP) is 1.63. The minimum absolute atomic E-state index is 0.853. The van der Waals surface area contributed by atoms with Crippen molar-refractivity contribution >= 4 is 11.8 Å². The first-order valence-electron chi connectivity index (χ1n) is 5.41. The molecule has 0 radical (unpaired) electrons. The smallest absolute Gasteiger partial charge is 0.125 e. The SMILES string of the molecule is Cc1nccc(CNCC2CCSC2)n1. The van der Waals surface area contributed by atoms with Gasteiger partial charge in [0.05, 0.1) is 5.69 Å². The molecule has 2 rings (SSSR count). The number of rotatable bonds is 4. The van der Waals surface area contributed by atoms with E-state index in [4.69, 9.17) is 0 Å². The number of nitrogens with one attached hydrogen (secondary N) is 1. The maximum atomic E-state index is 4.36. The van der Waals surface area contributed by atoms with Gasteiger partial charge in [0.15, 0.2) is 0 Å². The monoisotopic (exact) mass is 223 g/mol. The van der Waals surface area contributed by atoms with Crippen molar-refractivity contribution < 1.29 is 0 Å². The van der Waals surface area contributed by atoms with Gasteiger partial charge in [-0.15, -0.1) is 0 Å². The number of aromatic nitrogens is 2. The molecule has 1 saturated heterocycles. The van der Waals surface area contributed by atoms with E-state index in [1.165, 1.54) is 17.9 Å². The summed E-state index contributed by atoms with van der Waals surface area (Å²) in [6.45, 7) is 3.91. The van der Waals surface area contributed by atoms with Crippen molar-refractivity contribution in [1.82, 2.24) is 15.3 Å². The maximum absolute atomic E-state index is 4.36. The Morgan fingerprint density at radius 3 is 3.27 bits per heavy atom. The summed E-state index contributed by atoms with van der Waals surface area (Å²) in [6, 6.07) is 1.98. The molecule has 0 saturated carbocycles. The Kier molecular flexibility index (Phi) is 3.97. The summed E-state index contributed by atoms with van der Waals surface area (Å²) < 4.78 is 0. The van der Waals surface area contributed by atoms with Crippen LogP contribution in [0, 0.1) is 12.8 Å². The highest BCUT2D eigenvalue weighted by Crippen LogP contribution is 2.22. The molecule has 1 unspecified atom stereocenters. The Morgan fingerprint density at radius 1 is 1.60 bits per heavy atom. The number of hydrogen-bond donors (Lipinski definition) is 1. The molecule has 1 aliphatic rings. The van der Waals surface area contributed by atoms with Crippen LogP contribution in [0.25, 0.3) is 0 Å². The van der Waals surface area contributed by atoms with E-state index in [0.29, 0.717) is 0 Å². The summed E-state index contributed by atoms with van der Waals surface area (Å²) in [5, 5.41) is 3.47. The first-order valence-corrected chi connectivity index (χ1v) is 6.57. The summed E-state index contributed by atoms with van der Waals surface area (Å²) in [4.78, 5) is 8.44. The van der Waals surface area contributed by atoms with Crippen molar-refractivity contribution in [1.29, 1.82) is 0 Å². The minimum atomic E-state index is 0.853. The molecule has 2 heterocycles. The van der Waals surface area contributed by atoms with E-state index < -0.39 is 0 Å². The van der Waals surface area contributed by atoms with Gasteiger partial charge in [0.2, 0.25) is 0 Å². The highest BCUT2D eigenvalue weighted by Gasteiger charge is 2.14. The number of hydrogen-bond acceptors (Lipinski definition) is 4. The molecule has 0 spiro atoms. The highest BCUT2D eigenvalue weighted by atomic mass is 32.2. The third-order valence-corrected chi connectivity index (χ3v) is 3.83. The van der Waals surface area contributed by atoms with Crippen LogP contribution in [0.15, 0.2) is 12.3 Å². The molecule has 82 valence electrons. The van der Waals surface area contributed by atoms with Gasteiger partial charge in [-0.1, -0.05) is 0 Å². The molecule has 1 aliphatic heterocycles. The average molecular weight is 223 g/mol. The van der Waals surface area contributed by atoms with Crippen LogP contribution in [-0.2, 0) is 6.54 Å². The summed E-state index contributed by atoms with van der Waals surface area (Å²) in [5.41, 5.74) is 1.09. The third kappa shape index (κ3) is 3.47. The van der Waals surface area contributed by atoms with Crippen molar-refractivity contribution in [2.24, 2.45) is 5.92 Å². The zero-order valence-corrected chi connectivity index (χ0v) is 9.89. The zero-order valence-electron chi connectivity index (χ0n) is 9.07. The van der Waals surface area contributed by atoms with Crippen molar-refractivity contribution in [3.63, 3.8) is 0 Å². The molecule has 1 aromatic rings. The molecular weight excluding hydrogens is 206 g/mol. The van der Waals surface area contributed by atoms with Gasteiger partial charge < -0.3 is 5.32 Å².